The highest BCUT2D eigenvalue weighted by Gasteiger charge is 2.20. The van der Waals surface area contributed by atoms with E-state index in [1.807, 2.05) is 31.2 Å². The molecule has 0 unspecified atom stereocenters. The van der Waals surface area contributed by atoms with Crippen molar-refractivity contribution in [3.05, 3.63) is 29.8 Å². The standard InChI is InChI=1S/C19H25N5O2S/c1-12-8-10-14(11-9-12)17-23-24-19(27-17)22-16(25)13(2)20-18(26)21-15-6-4-3-5-7-15/h8-11,13,15H,3-7H2,1-2H3,(H2,20,21,26)(H,22,24,25)/t13-/m1/s1. The van der Waals surface area contributed by atoms with E-state index >= 15 is 0 Å². The lowest BCUT2D eigenvalue weighted by Gasteiger charge is -2.23. The second kappa shape index (κ2) is 8.94. The lowest BCUT2D eigenvalue weighted by molar-refractivity contribution is -0.117. The first-order valence-electron chi connectivity index (χ1n) is 9.29. The van der Waals surface area contributed by atoms with Gasteiger partial charge in [0, 0.05) is 11.6 Å². The number of carbonyl (C=O) groups is 2. The molecule has 0 aliphatic heterocycles. The van der Waals surface area contributed by atoms with Gasteiger partial charge in [-0.3, -0.25) is 10.1 Å². The molecule has 3 N–H and O–H groups in total. The molecule has 1 aliphatic carbocycles. The van der Waals surface area contributed by atoms with Crippen LogP contribution in [0.15, 0.2) is 24.3 Å². The highest BCUT2D eigenvalue weighted by atomic mass is 32.1. The van der Waals surface area contributed by atoms with Crippen LogP contribution in [0.25, 0.3) is 10.6 Å². The minimum atomic E-state index is -0.666. The molecule has 0 saturated heterocycles. The largest absolute Gasteiger partial charge is 0.335 e. The Kier molecular flexibility index (Phi) is 6.39. The van der Waals surface area contributed by atoms with Crippen LogP contribution in [0.4, 0.5) is 9.93 Å². The second-order valence-corrected chi connectivity index (χ2v) is 7.92. The van der Waals surface area contributed by atoms with Crippen molar-refractivity contribution in [2.45, 2.75) is 58.0 Å². The van der Waals surface area contributed by atoms with Crippen molar-refractivity contribution in [2.24, 2.45) is 0 Å². The molecule has 1 aliphatic rings. The smallest absolute Gasteiger partial charge is 0.315 e. The molecular formula is C19H25N5O2S. The Morgan fingerprint density at radius 1 is 1.11 bits per heavy atom. The predicted molar refractivity (Wildman–Crippen MR) is 107 cm³/mol. The molecule has 1 aromatic heterocycles. The SMILES string of the molecule is Cc1ccc(-c2nnc(NC(=O)[C@@H](C)NC(=O)NC3CCCCC3)s2)cc1. The summed E-state index contributed by atoms with van der Waals surface area (Å²) in [6.07, 6.45) is 5.51. The van der Waals surface area contributed by atoms with E-state index in [0.717, 1.165) is 36.3 Å². The van der Waals surface area contributed by atoms with E-state index in [9.17, 15) is 9.59 Å². The van der Waals surface area contributed by atoms with Crippen LogP contribution in [-0.4, -0.2) is 34.2 Å². The van der Waals surface area contributed by atoms with Gasteiger partial charge in [0.25, 0.3) is 0 Å². The van der Waals surface area contributed by atoms with Gasteiger partial charge >= 0.3 is 6.03 Å². The van der Waals surface area contributed by atoms with Crippen molar-refractivity contribution < 1.29 is 9.59 Å². The van der Waals surface area contributed by atoms with E-state index in [2.05, 4.69) is 26.1 Å². The van der Waals surface area contributed by atoms with Gasteiger partial charge in [-0.1, -0.05) is 60.4 Å². The molecule has 1 heterocycles. The van der Waals surface area contributed by atoms with Gasteiger partial charge in [0.05, 0.1) is 0 Å². The maximum atomic E-state index is 12.3. The Bertz CT molecular complexity index is 784. The van der Waals surface area contributed by atoms with Crippen LogP contribution in [0.2, 0.25) is 0 Å². The monoisotopic (exact) mass is 387 g/mol. The fourth-order valence-electron chi connectivity index (χ4n) is 3.04. The number of hydrogen-bond donors (Lipinski definition) is 3. The number of carbonyl (C=O) groups excluding carboxylic acids is 2. The van der Waals surface area contributed by atoms with E-state index in [1.54, 1.807) is 6.92 Å². The molecule has 8 heteroatoms. The number of anilines is 1. The number of nitrogens with zero attached hydrogens (tertiary/aromatic N) is 2. The molecule has 0 radical (unpaired) electrons. The molecule has 1 saturated carbocycles. The molecule has 0 bridgehead atoms. The molecule has 3 rings (SSSR count). The number of hydrogen-bond acceptors (Lipinski definition) is 5. The Morgan fingerprint density at radius 3 is 2.52 bits per heavy atom. The zero-order chi connectivity index (χ0) is 19.2. The van der Waals surface area contributed by atoms with Gasteiger partial charge in [-0.2, -0.15) is 0 Å². The zero-order valence-electron chi connectivity index (χ0n) is 15.6. The lowest BCUT2D eigenvalue weighted by Crippen LogP contribution is -2.49. The van der Waals surface area contributed by atoms with Crippen LogP contribution in [-0.2, 0) is 4.79 Å². The Morgan fingerprint density at radius 2 is 1.81 bits per heavy atom. The number of amides is 3. The van der Waals surface area contributed by atoms with Crippen LogP contribution >= 0.6 is 11.3 Å². The summed E-state index contributed by atoms with van der Waals surface area (Å²) in [7, 11) is 0. The summed E-state index contributed by atoms with van der Waals surface area (Å²) in [4.78, 5) is 24.4. The molecule has 27 heavy (non-hydrogen) atoms. The van der Waals surface area contributed by atoms with E-state index in [1.165, 1.54) is 23.3 Å². The molecule has 1 aromatic carbocycles. The average molecular weight is 388 g/mol. The third-order valence-electron chi connectivity index (χ3n) is 4.63. The maximum absolute atomic E-state index is 12.3. The summed E-state index contributed by atoms with van der Waals surface area (Å²) in [5.74, 6) is -0.319. The zero-order valence-corrected chi connectivity index (χ0v) is 16.4. The first kappa shape index (κ1) is 19.3. The summed E-state index contributed by atoms with van der Waals surface area (Å²) >= 11 is 1.30. The molecule has 1 fully saturated rings. The van der Waals surface area contributed by atoms with Crippen LogP contribution in [0, 0.1) is 6.92 Å². The first-order chi connectivity index (χ1) is 13.0. The topological polar surface area (TPSA) is 96.0 Å². The van der Waals surface area contributed by atoms with Gasteiger partial charge in [0.15, 0.2) is 0 Å². The first-order valence-corrected chi connectivity index (χ1v) is 10.1. The number of aromatic nitrogens is 2. The van der Waals surface area contributed by atoms with Gasteiger partial charge < -0.3 is 10.6 Å². The van der Waals surface area contributed by atoms with Crippen molar-refractivity contribution in [3.8, 4) is 10.6 Å². The summed E-state index contributed by atoms with van der Waals surface area (Å²) in [5, 5.41) is 17.6. The van der Waals surface area contributed by atoms with E-state index < -0.39 is 6.04 Å². The van der Waals surface area contributed by atoms with Crippen molar-refractivity contribution in [2.75, 3.05) is 5.32 Å². The molecule has 7 nitrogen and oxygen atoms in total. The fraction of sp³-hybridized carbons (Fsp3) is 0.474. The van der Waals surface area contributed by atoms with Gasteiger partial charge in [-0.15, -0.1) is 10.2 Å². The van der Waals surface area contributed by atoms with Crippen molar-refractivity contribution >= 4 is 28.4 Å². The highest BCUT2D eigenvalue weighted by molar-refractivity contribution is 7.18. The average Bonchev–Trinajstić information content (AvgIpc) is 3.11. The van der Waals surface area contributed by atoms with Crippen LogP contribution in [0.1, 0.15) is 44.6 Å². The maximum Gasteiger partial charge on any atom is 0.315 e. The summed E-state index contributed by atoms with van der Waals surface area (Å²) < 4.78 is 0. The molecule has 2 aromatic rings. The number of rotatable bonds is 5. The molecule has 1 atom stereocenters. The van der Waals surface area contributed by atoms with Crippen molar-refractivity contribution in [3.63, 3.8) is 0 Å². The second-order valence-electron chi connectivity index (χ2n) is 6.94. The highest BCUT2D eigenvalue weighted by Crippen LogP contribution is 2.26. The molecule has 0 spiro atoms. The lowest BCUT2D eigenvalue weighted by atomic mass is 9.96. The van der Waals surface area contributed by atoms with Crippen molar-refractivity contribution in [1.29, 1.82) is 0 Å². The van der Waals surface area contributed by atoms with Crippen LogP contribution in [0.3, 0.4) is 0 Å². The Balaban J connectivity index is 1.50. The summed E-state index contributed by atoms with van der Waals surface area (Å²) in [5.41, 5.74) is 2.12. The van der Waals surface area contributed by atoms with Gasteiger partial charge in [-0.05, 0) is 26.7 Å². The van der Waals surface area contributed by atoms with E-state index in [4.69, 9.17) is 0 Å². The van der Waals surface area contributed by atoms with Crippen LogP contribution < -0.4 is 16.0 Å². The minimum Gasteiger partial charge on any atom is -0.335 e. The number of urea groups is 1. The Hall–Kier alpha value is -2.48. The number of aryl methyl sites for hydroxylation is 1. The summed E-state index contributed by atoms with van der Waals surface area (Å²) in [6.45, 7) is 3.67. The van der Waals surface area contributed by atoms with Gasteiger partial charge in [-0.25, -0.2) is 4.79 Å². The molecule has 144 valence electrons. The summed E-state index contributed by atoms with van der Waals surface area (Å²) in [6, 6.07) is 7.19. The predicted octanol–water partition coefficient (Wildman–Crippen LogP) is 3.47. The van der Waals surface area contributed by atoms with E-state index in [0.29, 0.717) is 5.13 Å². The molecular weight excluding hydrogens is 362 g/mol. The quantitative estimate of drug-likeness (QED) is 0.732. The van der Waals surface area contributed by atoms with E-state index in [-0.39, 0.29) is 18.0 Å². The fourth-order valence-corrected chi connectivity index (χ4v) is 3.79. The molecule has 3 amide bonds. The van der Waals surface area contributed by atoms with Gasteiger partial charge in [0.2, 0.25) is 11.0 Å². The third kappa shape index (κ3) is 5.50. The minimum absolute atomic E-state index is 0.203. The van der Waals surface area contributed by atoms with Crippen LogP contribution in [0.5, 0.6) is 0 Å². The Labute approximate surface area is 163 Å². The van der Waals surface area contributed by atoms with Crippen molar-refractivity contribution in [1.82, 2.24) is 20.8 Å². The number of benzene rings is 1. The number of nitrogens with one attached hydrogen (secondary N) is 3. The third-order valence-corrected chi connectivity index (χ3v) is 5.52. The van der Waals surface area contributed by atoms with Gasteiger partial charge in [0.1, 0.15) is 11.0 Å². The normalized spacial score (nSPS) is 15.8.